The molecule has 3 aromatic rings. The molecule has 1 fully saturated rings. The summed E-state index contributed by atoms with van der Waals surface area (Å²) in [6.07, 6.45) is 4.69. The molecule has 2 aliphatic rings. The second kappa shape index (κ2) is 12.4. The van der Waals surface area contributed by atoms with Gasteiger partial charge in [0.05, 0.1) is 11.1 Å². The highest BCUT2D eigenvalue weighted by molar-refractivity contribution is 5.90. The Balaban J connectivity index is 1.32. The molecule has 10 heteroatoms. The van der Waals surface area contributed by atoms with Gasteiger partial charge in [0.2, 0.25) is 17.7 Å². The fraction of sp³-hybridized carbons (Fsp3) is 0.433. The summed E-state index contributed by atoms with van der Waals surface area (Å²) < 4.78 is 15.8. The van der Waals surface area contributed by atoms with Gasteiger partial charge in [0, 0.05) is 51.6 Å². The number of benzene rings is 2. The smallest absolute Gasteiger partial charge is 0.242 e. The molecule has 210 valence electrons. The number of carbonyl (C=O) groups excluding carboxylic acids is 3. The van der Waals surface area contributed by atoms with Gasteiger partial charge >= 0.3 is 0 Å². The van der Waals surface area contributed by atoms with Crippen LogP contribution < -0.4 is 10.6 Å². The van der Waals surface area contributed by atoms with Gasteiger partial charge in [0.15, 0.2) is 0 Å². The Morgan fingerprint density at radius 1 is 1.02 bits per heavy atom. The van der Waals surface area contributed by atoms with E-state index in [2.05, 4.69) is 20.9 Å². The van der Waals surface area contributed by atoms with E-state index < -0.39 is 11.5 Å². The second-order valence-corrected chi connectivity index (χ2v) is 10.8. The predicted molar refractivity (Wildman–Crippen MR) is 146 cm³/mol. The zero-order chi connectivity index (χ0) is 28.0. The van der Waals surface area contributed by atoms with Gasteiger partial charge in [-0.25, -0.2) is 4.39 Å². The molecule has 1 saturated heterocycles. The van der Waals surface area contributed by atoms with E-state index in [1.165, 1.54) is 6.07 Å². The molecule has 2 aliphatic heterocycles. The zero-order valence-electron chi connectivity index (χ0n) is 22.5. The maximum absolute atomic E-state index is 14.0. The number of hydrogen-bond donors (Lipinski definition) is 2. The van der Waals surface area contributed by atoms with E-state index in [0.29, 0.717) is 76.0 Å². The van der Waals surface area contributed by atoms with Crippen molar-refractivity contribution in [2.24, 2.45) is 5.41 Å². The van der Waals surface area contributed by atoms with Crippen LogP contribution in [0.3, 0.4) is 0 Å². The van der Waals surface area contributed by atoms with E-state index in [1.54, 1.807) is 27.8 Å². The molecule has 0 unspecified atom stereocenters. The van der Waals surface area contributed by atoms with Gasteiger partial charge in [0.1, 0.15) is 11.9 Å². The van der Waals surface area contributed by atoms with Gasteiger partial charge < -0.3 is 15.5 Å². The van der Waals surface area contributed by atoms with Crippen LogP contribution in [0, 0.1) is 11.2 Å². The maximum Gasteiger partial charge on any atom is 0.242 e. The van der Waals surface area contributed by atoms with E-state index >= 15 is 0 Å². The lowest BCUT2D eigenvalue weighted by Gasteiger charge is -2.41. The number of halogens is 1. The molecule has 0 saturated carbocycles. The summed E-state index contributed by atoms with van der Waals surface area (Å²) in [5.74, 6) is -0.798. The molecule has 1 atom stereocenters. The van der Waals surface area contributed by atoms with Crippen LogP contribution in [0.15, 0.2) is 60.8 Å². The largest absolute Gasteiger partial charge is 0.354 e. The first-order chi connectivity index (χ1) is 19.4. The summed E-state index contributed by atoms with van der Waals surface area (Å²) in [6, 6.07) is 15.4. The highest BCUT2D eigenvalue weighted by Crippen LogP contribution is 2.36. The quantitative estimate of drug-likeness (QED) is 0.511. The molecule has 0 aliphatic carbocycles. The number of fused-ring (bicyclic) bond motifs is 2. The third-order valence-electron chi connectivity index (χ3n) is 7.99. The number of carbonyl (C=O) groups is 3. The summed E-state index contributed by atoms with van der Waals surface area (Å²) >= 11 is 0. The van der Waals surface area contributed by atoms with Crippen molar-refractivity contribution in [2.75, 3.05) is 19.6 Å². The minimum absolute atomic E-state index is 0.0598. The van der Waals surface area contributed by atoms with E-state index in [4.69, 9.17) is 0 Å². The van der Waals surface area contributed by atoms with Crippen LogP contribution in [0.4, 0.5) is 4.39 Å². The van der Waals surface area contributed by atoms with Crippen molar-refractivity contribution >= 4 is 17.7 Å². The Kier molecular flexibility index (Phi) is 8.52. The SMILES string of the molecule is O=C1NCCCn2cc(nn2)CC2(CCN(C(=O)CCc3ccccc3F)CC2)C(=O)N[C@H]1Cc1ccccc1. The molecule has 5 rings (SSSR count). The second-order valence-electron chi connectivity index (χ2n) is 10.8. The summed E-state index contributed by atoms with van der Waals surface area (Å²) in [7, 11) is 0. The number of aromatic nitrogens is 3. The standard InChI is InChI=1S/C30H35FN6O3/c31-25-10-5-4-9-23(25)11-12-27(38)36-17-13-30(14-18-36)20-24-21-37(35-34-24)16-6-15-32-28(39)26(33-29(30)40)19-22-7-2-1-3-8-22/h1-5,7-10,21,26H,6,11-20H2,(H,32,39)(H,33,40)/t26-/m0/s1. The molecule has 2 bridgehead atoms. The van der Waals surface area contributed by atoms with Crippen molar-refractivity contribution in [3.8, 4) is 0 Å². The molecule has 1 spiro atoms. The Morgan fingerprint density at radius 3 is 2.55 bits per heavy atom. The molecule has 1 aromatic heterocycles. The van der Waals surface area contributed by atoms with Gasteiger partial charge in [-0.2, -0.15) is 0 Å². The average Bonchev–Trinajstić information content (AvgIpc) is 3.41. The van der Waals surface area contributed by atoms with Crippen molar-refractivity contribution in [3.63, 3.8) is 0 Å². The predicted octanol–water partition coefficient (Wildman–Crippen LogP) is 2.45. The molecule has 40 heavy (non-hydrogen) atoms. The van der Waals surface area contributed by atoms with E-state index in [1.807, 2.05) is 36.5 Å². The van der Waals surface area contributed by atoms with Crippen LogP contribution in [-0.2, 0) is 40.2 Å². The first-order valence-corrected chi connectivity index (χ1v) is 13.9. The Hall–Kier alpha value is -4.08. The number of rotatable bonds is 5. The van der Waals surface area contributed by atoms with E-state index in [9.17, 15) is 18.8 Å². The highest BCUT2D eigenvalue weighted by Gasteiger charge is 2.44. The molecule has 2 N–H and O–H groups in total. The third-order valence-corrected chi connectivity index (χ3v) is 7.99. The molecule has 3 amide bonds. The van der Waals surface area contributed by atoms with Crippen molar-refractivity contribution in [1.29, 1.82) is 0 Å². The Morgan fingerprint density at radius 2 is 1.77 bits per heavy atom. The Bertz CT molecular complexity index is 1340. The highest BCUT2D eigenvalue weighted by atomic mass is 19.1. The number of hydrogen-bond acceptors (Lipinski definition) is 5. The molecule has 0 radical (unpaired) electrons. The molecular weight excluding hydrogens is 511 g/mol. The van der Waals surface area contributed by atoms with E-state index in [0.717, 1.165) is 5.56 Å². The first kappa shape index (κ1) is 27.5. The van der Waals surface area contributed by atoms with Crippen molar-refractivity contribution in [2.45, 2.75) is 57.5 Å². The van der Waals surface area contributed by atoms with Crippen LogP contribution in [-0.4, -0.2) is 63.3 Å². The lowest BCUT2D eigenvalue weighted by Crippen LogP contribution is -2.56. The van der Waals surface area contributed by atoms with Crippen molar-refractivity contribution in [3.05, 3.63) is 83.4 Å². The fourth-order valence-electron chi connectivity index (χ4n) is 5.59. The number of amides is 3. The number of nitrogens with one attached hydrogen (secondary N) is 2. The minimum Gasteiger partial charge on any atom is -0.354 e. The van der Waals surface area contributed by atoms with Crippen LogP contribution in [0.2, 0.25) is 0 Å². The lowest BCUT2D eigenvalue weighted by molar-refractivity contribution is -0.142. The number of aryl methyl sites for hydroxylation is 2. The van der Waals surface area contributed by atoms with Crippen LogP contribution in [0.1, 0.15) is 42.5 Å². The first-order valence-electron chi connectivity index (χ1n) is 13.9. The van der Waals surface area contributed by atoms with Gasteiger partial charge in [-0.15, -0.1) is 5.10 Å². The van der Waals surface area contributed by atoms with E-state index in [-0.39, 0.29) is 30.0 Å². The Labute approximate surface area is 233 Å². The summed E-state index contributed by atoms with van der Waals surface area (Å²) in [5.41, 5.74) is 1.35. The molecular formula is C30H35FN6O3. The summed E-state index contributed by atoms with van der Waals surface area (Å²) in [6.45, 7) is 1.86. The van der Waals surface area contributed by atoms with Crippen molar-refractivity contribution < 1.29 is 18.8 Å². The summed E-state index contributed by atoms with van der Waals surface area (Å²) in [4.78, 5) is 41.9. The summed E-state index contributed by atoms with van der Waals surface area (Å²) in [5, 5.41) is 14.6. The number of piperidine rings is 1. The van der Waals surface area contributed by atoms with Gasteiger partial charge in [-0.05, 0) is 42.9 Å². The average molecular weight is 547 g/mol. The molecule has 3 heterocycles. The zero-order valence-corrected chi connectivity index (χ0v) is 22.5. The molecule has 2 aromatic carbocycles. The van der Waals surface area contributed by atoms with Crippen LogP contribution in [0.5, 0.6) is 0 Å². The fourth-order valence-corrected chi connectivity index (χ4v) is 5.59. The minimum atomic E-state index is -0.841. The normalized spacial score (nSPS) is 19.6. The van der Waals surface area contributed by atoms with Gasteiger partial charge in [-0.3, -0.25) is 19.1 Å². The lowest BCUT2D eigenvalue weighted by atomic mass is 9.73. The third kappa shape index (κ3) is 6.55. The topological polar surface area (TPSA) is 109 Å². The number of nitrogens with zero attached hydrogens (tertiary/aromatic N) is 4. The van der Waals surface area contributed by atoms with Crippen molar-refractivity contribution in [1.82, 2.24) is 30.5 Å². The maximum atomic E-state index is 14.0. The van der Waals surface area contributed by atoms with Gasteiger partial charge in [-0.1, -0.05) is 53.7 Å². The van der Waals surface area contributed by atoms with Crippen LogP contribution >= 0.6 is 0 Å². The number of likely N-dealkylation sites (tertiary alicyclic amines) is 1. The van der Waals surface area contributed by atoms with Gasteiger partial charge in [0.25, 0.3) is 0 Å². The monoisotopic (exact) mass is 546 g/mol. The van der Waals surface area contributed by atoms with Crippen LogP contribution in [0.25, 0.3) is 0 Å². The molecule has 9 nitrogen and oxygen atoms in total.